The van der Waals surface area contributed by atoms with E-state index in [1.165, 1.54) is 5.56 Å². The van der Waals surface area contributed by atoms with Crippen molar-refractivity contribution in [2.75, 3.05) is 6.61 Å². The molecule has 2 aromatic carbocycles. The first-order valence-electron chi connectivity index (χ1n) is 8.93. The van der Waals surface area contributed by atoms with Crippen LogP contribution in [0.4, 0.5) is 0 Å². The van der Waals surface area contributed by atoms with Gasteiger partial charge in [-0.15, -0.1) is 0 Å². The summed E-state index contributed by atoms with van der Waals surface area (Å²) in [7, 11) is 0. The van der Waals surface area contributed by atoms with E-state index in [4.69, 9.17) is 4.74 Å². The third-order valence-corrected chi connectivity index (χ3v) is 4.44. The molecule has 3 heteroatoms. The van der Waals surface area contributed by atoms with Gasteiger partial charge < -0.3 is 9.30 Å². The second kappa shape index (κ2) is 7.56. The van der Waals surface area contributed by atoms with Gasteiger partial charge in [0.25, 0.3) is 0 Å². The molecule has 0 fully saturated rings. The van der Waals surface area contributed by atoms with E-state index in [1.54, 1.807) is 0 Å². The molecule has 0 aliphatic heterocycles. The Balaban J connectivity index is 2.18. The van der Waals surface area contributed by atoms with E-state index in [-0.39, 0.29) is 5.92 Å². The number of hydrogen-bond acceptors (Lipinski definition) is 2. The highest BCUT2D eigenvalue weighted by atomic mass is 16.5. The molecule has 0 radical (unpaired) electrons. The van der Waals surface area contributed by atoms with Gasteiger partial charge in [0.05, 0.1) is 12.1 Å². The first-order chi connectivity index (χ1) is 12.2. The van der Waals surface area contributed by atoms with E-state index in [0.29, 0.717) is 6.61 Å². The first-order valence-corrected chi connectivity index (χ1v) is 8.93. The Hall–Kier alpha value is -2.55. The highest BCUT2D eigenvalue weighted by Gasteiger charge is 2.19. The molecular formula is C22H25NO2. The van der Waals surface area contributed by atoms with E-state index in [1.807, 2.05) is 30.3 Å². The molecule has 3 aromatic rings. The molecule has 0 aliphatic rings. The van der Waals surface area contributed by atoms with Crippen molar-refractivity contribution in [1.82, 2.24) is 4.57 Å². The zero-order chi connectivity index (χ0) is 17.8. The maximum atomic E-state index is 11.8. The zero-order valence-electron chi connectivity index (χ0n) is 15.2. The van der Waals surface area contributed by atoms with Crippen LogP contribution in [-0.2, 0) is 6.54 Å². The molecule has 3 nitrogen and oxygen atoms in total. The average molecular weight is 335 g/mol. The summed E-state index contributed by atoms with van der Waals surface area (Å²) in [5, 5.41) is 0.999. The monoisotopic (exact) mass is 335 g/mol. The predicted octanol–water partition coefficient (Wildman–Crippen LogP) is 5.41. The van der Waals surface area contributed by atoms with Gasteiger partial charge in [0.1, 0.15) is 5.75 Å². The van der Waals surface area contributed by atoms with E-state index in [0.717, 1.165) is 47.2 Å². The average Bonchev–Trinajstić information content (AvgIpc) is 2.94. The lowest BCUT2D eigenvalue weighted by Crippen LogP contribution is -2.07. The van der Waals surface area contributed by atoms with Crippen LogP contribution in [0, 0.1) is 0 Å². The molecule has 25 heavy (non-hydrogen) atoms. The van der Waals surface area contributed by atoms with Gasteiger partial charge in [-0.05, 0) is 30.0 Å². The number of nitrogens with zero attached hydrogens (tertiary/aromatic N) is 1. The topological polar surface area (TPSA) is 31.2 Å². The summed E-state index contributed by atoms with van der Waals surface area (Å²) >= 11 is 0. The fraction of sp³-hybridized carbons (Fsp3) is 0.318. The van der Waals surface area contributed by atoms with Crippen LogP contribution in [0.5, 0.6) is 5.75 Å². The summed E-state index contributed by atoms with van der Waals surface area (Å²) < 4.78 is 8.07. The Labute approximate surface area is 149 Å². The highest BCUT2D eigenvalue weighted by Crippen LogP contribution is 2.33. The van der Waals surface area contributed by atoms with Crippen molar-refractivity contribution in [2.45, 2.75) is 39.7 Å². The van der Waals surface area contributed by atoms with Crippen LogP contribution in [0.25, 0.3) is 10.9 Å². The van der Waals surface area contributed by atoms with Crippen LogP contribution >= 0.6 is 0 Å². The van der Waals surface area contributed by atoms with Crippen LogP contribution in [0.3, 0.4) is 0 Å². The van der Waals surface area contributed by atoms with Gasteiger partial charge >= 0.3 is 0 Å². The number of rotatable bonds is 7. The third kappa shape index (κ3) is 3.46. The Kier molecular flexibility index (Phi) is 5.22. The lowest BCUT2D eigenvalue weighted by Gasteiger charge is -2.14. The smallest absolute Gasteiger partial charge is 0.152 e. The minimum absolute atomic E-state index is 0.260. The Morgan fingerprint density at radius 2 is 1.88 bits per heavy atom. The van der Waals surface area contributed by atoms with Crippen LogP contribution in [0.1, 0.15) is 54.7 Å². The Morgan fingerprint density at radius 3 is 2.52 bits per heavy atom. The fourth-order valence-electron chi connectivity index (χ4n) is 3.37. The maximum Gasteiger partial charge on any atom is 0.152 e. The normalized spacial score (nSPS) is 11.2. The molecule has 3 rings (SSSR count). The lowest BCUT2D eigenvalue weighted by molar-refractivity contribution is 0.112. The van der Waals surface area contributed by atoms with Gasteiger partial charge in [-0.25, -0.2) is 0 Å². The summed E-state index contributed by atoms with van der Waals surface area (Å²) in [4.78, 5) is 11.8. The van der Waals surface area contributed by atoms with Crippen molar-refractivity contribution in [1.29, 1.82) is 0 Å². The number of benzene rings is 2. The fourth-order valence-corrected chi connectivity index (χ4v) is 3.37. The first kappa shape index (κ1) is 17.3. The largest absolute Gasteiger partial charge is 0.494 e. The molecule has 0 bridgehead atoms. The van der Waals surface area contributed by atoms with Gasteiger partial charge in [0.15, 0.2) is 6.29 Å². The Bertz CT molecular complexity index is 863. The quantitative estimate of drug-likeness (QED) is 0.540. The maximum absolute atomic E-state index is 11.8. The number of hydrogen-bond donors (Lipinski definition) is 0. The molecule has 130 valence electrons. The lowest BCUT2D eigenvalue weighted by atomic mass is 10.0. The summed E-state index contributed by atoms with van der Waals surface area (Å²) in [6, 6.07) is 16.4. The molecule has 0 saturated carbocycles. The summed E-state index contributed by atoms with van der Waals surface area (Å²) in [5.74, 6) is 1.12. The SMILES string of the molecule is CCCOc1ccc2c(C=O)c(C(C)C)n(Cc3ccccc3)c2c1. The van der Waals surface area contributed by atoms with Crippen molar-refractivity contribution >= 4 is 17.2 Å². The van der Waals surface area contributed by atoms with Gasteiger partial charge in [0.2, 0.25) is 0 Å². The van der Waals surface area contributed by atoms with Crippen LogP contribution in [-0.4, -0.2) is 17.5 Å². The standard InChI is InChI=1S/C22H25NO2/c1-4-12-25-18-10-11-19-20(15-24)22(16(2)3)23(21(19)13-18)14-17-8-6-5-7-9-17/h5-11,13,15-16H,4,12,14H2,1-3H3. The van der Waals surface area contributed by atoms with E-state index >= 15 is 0 Å². The molecule has 0 atom stereocenters. The summed E-state index contributed by atoms with van der Waals surface area (Å²) in [5.41, 5.74) is 4.16. The van der Waals surface area contributed by atoms with Crippen molar-refractivity contribution < 1.29 is 9.53 Å². The molecule has 0 N–H and O–H groups in total. The molecule has 0 saturated heterocycles. The summed E-state index contributed by atoms with van der Waals surface area (Å²) in [6.07, 6.45) is 1.96. The molecular weight excluding hydrogens is 310 g/mol. The van der Waals surface area contributed by atoms with Crippen LogP contribution < -0.4 is 4.74 Å². The number of ether oxygens (including phenoxy) is 1. The number of aldehydes is 1. The number of carbonyl (C=O) groups is 1. The van der Waals surface area contributed by atoms with Crippen molar-refractivity contribution in [3.05, 3.63) is 65.4 Å². The molecule has 1 heterocycles. The minimum atomic E-state index is 0.260. The molecule has 0 amide bonds. The van der Waals surface area contributed by atoms with Crippen LogP contribution in [0.2, 0.25) is 0 Å². The van der Waals surface area contributed by atoms with Crippen molar-refractivity contribution in [3.8, 4) is 5.75 Å². The zero-order valence-corrected chi connectivity index (χ0v) is 15.2. The second-order valence-electron chi connectivity index (χ2n) is 6.67. The highest BCUT2D eigenvalue weighted by molar-refractivity contribution is 6.00. The van der Waals surface area contributed by atoms with Crippen molar-refractivity contribution in [2.24, 2.45) is 0 Å². The van der Waals surface area contributed by atoms with Crippen molar-refractivity contribution in [3.63, 3.8) is 0 Å². The van der Waals surface area contributed by atoms with Crippen LogP contribution in [0.15, 0.2) is 48.5 Å². The number of aromatic nitrogens is 1. The minimum Gasteiger partial charge on any atom is -0.494 e. The summed E-state index contributed by atoms with van der Waals surface area (Å²) in [6.45, 7) is 7.81. The van der Waals surface area contributed by atoms with Gasteiger partial charge in [-0.2, -0.15) is 0 Å². The number of carbonyl (C=O) groups excluding carboxylic acids is 1. The van der Waals surface area contributed by atoms with E-state index < -0.39 is 0 Å². The molecule has 1 aromatic heterocycles. The molecule has 0 aliphatic carbocycles. The van der Waals surface area contributed by atoms with Gasteiger partial charge in [-0.1, -0.05) is 51.1 Å². The van der Waals surface area contributed by atoms with Gasteiger partial charge in [-0.3, -0.25) is 4.79 Å². The molecule has 0 spiro atoms. The van der Waals surface area contributed by atoms with E-state index in [2.05, 4.69) is 43.5 Å². The van der Waals surface area contributed by atoms with E-state index in [9.17, 15) is 4.79 Å². The predicted molar refractivity (Wildman–Crippen MR) is 103 cm³/mol. The second-order valence-corrected chi connectivity index (χ2v) is 6.67. The molecule has 0 unspecified atom stereocenters. The Morgan fingerprint density at radius 1 is 1.12 bits per heavy atom. The third-order valence-electron chi connectivity index (χ3n) is 4.44. The number of fused-ring (bicyclic) bond motifs is 1. The van der Waals surface area contributed by atoms with Gasteiger partial charge in [0, 0.05) is 29.3 Å².